The third-order valence-corrected chi connectivity index (χ3v) is 5.64. The third kappa shape index (κ3) is 3.44. The van der Waals surface area contributed by atoms with Gasteiger partial charge in [-0.25, -0.2) is 4.98 Å². The van der Waals surface area contributed by atoms with Crippen LogP contribution in [0.2, 0.25) is 5.02 Å². The molecule has 140 valence electrons. The van der Waals surface area contributed by atoms with Gasteiger partial charge in [0, 0.05) is 23.1 Å². The molecule has 1 amide bonds. The highest BCUT2D eigenvalue weighted by Crippen LogP contribution is 2.24. The van der Waals surface area contributed by atoms with Gasteiger partial charge >= 0.3 is 0 Å². The van der Waals surface area contributed by atoms with Crippen molar-refractivity contribution in [2.24, 2.45) is 0 Å². The Morgan fingerprint density at radius 2 is 1.93 bits per heavy atom. The number of thiazole rings is 1. The lowest BCUT2D eigenvalue weighted by Crippen LogP contribution is -2.31. The Labute approximate surface area is 170 Å². The van der Waals surface area contributed by atoms with Gasteiger partial charge in [0.05, 0.1) is 5.69 Å². The van der Waals surface area contributed by atoms with Gasteiger partial charge in [-0.15, -0.1) is 11.3 Å². The van der Waals surface area contributed by atoms with Crippen LogP contribution < -0.4 is 10.9 Å². The van der Waals surface area contributed by atoms with E-state index in [2.05, 4.69) is 10.3 Å². The van der Waals surface area contributed by atoms with Crippen LogP contribution in [0.5, 0.6) is 0 Å². The Kier molecular flexibility index (Phi) is 4.98. The molecule has 0 spiro atoms. The maximum atomic E-state index is 13.0. The number of benzene rings is 2. The molecule has 2 aromatic heterocycles. The largest absolute Gasteiger partial charge is 0.348 e. The highest BCUT2D eigenvalue weighted by molar-refractivity contribution is 7.15. The lowest BCUT2D eigenvalue weighted by molar-refractivity contribution is 0.0949. The molecule has 2 heterocycles. The van der Waals surface area contributed by atoms with E-state index in [4.69, 9.17) is 11.6 Å². The van der Waals surface area contributed by atoms with Gasteiger partial charge < -0.3 is 5.32 Å². The number of carbonyl (C=O) groups excluding carboxylic acids is 1. The van der Waals surface area contributed by atoms with Crippen molar-refractivity contribution in [3.63, 3.8) is 0 Å². The fourth-order valence-corrected chi connectivity index (χ4v) is 3.95. The number of aryl methyl sites for hydroxylation is 1. The second-order valence-corrected chi connectivity index (χ2v) is 7.60. The molecule has 2 aromatic carbocycles. The minimum atomic E-state index is -0.479. The van der Waals surface area contributed by atoms with E-state index in [1.807, 2.05) is 54.8 Å². The minimum absolute atomic E-state index is 0.00341. The average molecular weight is 410 g/mol. The SMILES string of the molecule is Cc1ccc(-c2csc3ncc(C(=O)NCc4ccccc4Cl)c(=O)n23)cc1. The van der Waals surface area contributed by atoms with Crippen LogP contribution >= 0.6 is 22.9 Å². The number of amides is 1. The number of fused-ring (bicyclic) bond motifs is 1. The smallest absolute Gasteiger partial charge is 0.271 e. The second-order valence-electron chi connectivity index (χ2n) is 6.36. The number of carbonyl (C=O) groups is 1. The van der Waals surface area contributed by atoms with Crippen molar-refractivity contribution in [1.82, 2.24) is 14.7 Å². The summed E-state index contributed by atoms with van der Waals surface area (Å²) in [6.07, 6.45) is 1.33. The number of nitrogens with one attached hydrogen (secondary N) is 1. The van der Waals surface area contributed by atoms with E-state index in [1.165, 1.54) is 21.9 Å². The first kappa shape index (κ1) is 18.4. The summed E-state index contributed by atoms with van der Waals surface area (Å²) < 4.78 is 1.49. The van der Waals surface area contributed by atoms with Crippen molar-refractivity contribution in [2.45, 2.75) is 13.5 Å². The quantitative estimate of drug-likeness (QED) is 0.546. The monoisotopic (exact) mass is 409 g/mol. The molecule has 7 heteroatoms. The van der Waals surface area contributed by atoms with Crippen LogP contribution in [0.15, 0.2) is 64.9 Å². The molecule has 0 saturated carbocycles. The zero-order valence-electron chi connectivity index (χ0n) is 15.0. The predicted molar refractivity (Wildman–Crippen MR) is 112 cm³/mol. The Morgan fingerprint density at radius 3 is 2.68 bits per heavy atom. The highest BCUT2D eigenvalue weighted by Gasteiger charge is 2.17. The van der Waals surface area contributed by atoms with Gasteiger partial charge in [-0.05, 0) is 24.1 Å². The van der Waals surface area contributed by atoms with Crippen molar-refractivity contribution in [2.75, 3.05) is 0 Å². The first-order chi connectivity index (χ1) is 13.5. The summed E-state index contributed by atoms with van der Waals surface area (Å²) in [5, 5.41) is 5.18. The van der Waals surface area contributed by atoms with Crippen LogP contribution in [0.4, 0.5) is 0 Å². The standard InChI is InChI=1S/C21H16ClN3O2S/c1-13-6-8-14(9-7-13)18-12-28-21-24-11-16(20(27)25(18)21)19(26)23-10-15-4-2-3-5-17(15)22/h2-9,11-12H,10H2,1H3,(H,23,26). The van der Waals surface area contributed by atoms with Crippen molar-refractivity contribution >= 4 is 33.8 Å². The maximum Gasteiger partial charge on any atom is 0.271 e. The first-order valence-electron chi connectivity index (χ1n) is 8.62. The summed E-state index contributed by atoms with van der Waals surface area (Å²) >= 11 is 7.48. The molecule has 0 unspecified atom stereocenters. The number of aromatic nitrogens is 2. The van der Waals surface area contributed by atoms with Gasteiger partial charge in [0.15, 0.2) is 4.96 Å². The topological polar surface area (TPSA) is 63.5 Å². The molecular weight excluding hydrogens is 394 g/mol. The molecule has 4 rings (SSSR count). The average Bonchev–Trinajstić information content (AvgIpc) is 3.13. The van der Waals surface area contributed by atoms with Crippen LogP contribution in [0.1, 0.15) is 21.5 Å². The molecule has 5 nitrogen and oxygen atoms in total. The zero-order valence-corrected chi connectivity index (χ0v) is 16.6. The third-order valence-electron chi connectivity index (χ3n) is 4.43. The number of hydrogen-bond donors (Lipinski definition) is 1. The van der Waals surface area contributed by atoms with E-state index in [9.17, 15) is 9.59 Å². The molecule has 0 aliphatic carbocycles. The molecule has 0 saturated heterocycles. The van der Waals surface area contributed by atoms with Crippen molar-refractivity contribution < 1.29 is 4.79 Å². The molecular formula is C21H16ClN3O2S. The van der Waals surface area contributed by atoms with Gasteiger partial charge in [-0.3, -0.25) is 14.0 Å². The lowest BCUT2D eigenvalue weighted by Gasteiger charge is -2.07. The number of nitrogens with zero attached hydrogens (tertiary/aromatic N) is 2. The Morgan fingerprint density at radius 1 is 1.18 bits per heavy atom. The van der Waals surface area contributed by atoms with Gasteiger partial charge in [0.1, 0.15) is 5.56 Å². The van der Waals surface area contributed by atoms with Gasteiger partial charge in [-0.1, -0.05) is 59.6 Å². The summed E-state index contributed by atoms with van der Waals surface area (Å²) in [6.45, 7) is 2.24. The van der Waals surface area contributed by atoms with Crippen molar-refractivity contribution in [3.8, 4) is 11.3 Å². The van der Waals surface area contributed by atoms with Crippen LogP contribution in [-0.4, -0.2) is 15.3 Å². The van der Waals surface area contributed by atoms with Crippen LogP contribution in [0.25, 0.3) is 16.2 Å². The van der Waals surface area contributed by atoms with Gasteiger partial charge in [0.25, 0.3) is 11.5 Å². The summed E-state index contributed by atoms with van der Waals surface area (Å²) in [4.78, 5) is 30.5. The van der Waals surface area contributed by atoms with Crippen LogP contribution in [-0.2, 0) is 6.54 Å². The highest BCUT2D eigenvalue weighted by atomic mass is 35.5. The Balaban J connectivity index is 1.68. The summed E-state index contributed by atoms with van der Waals surface area (Å²) in [5.41, 5.74) is 3.14. The molecule has 0 aliphatic heterocycles. The first-order valence-corrected chi connectivity index (χ1v) is 9.88. The molecule has 0 radical (unpaired) electrons. The van der Waals surface area contributed by atoms with Gasteiger partial charge in [-0.2, -0.15) is 0 Å². The maximum absolute atomic E-state index is 13.0. The van der Waals surface area contributed by atoms with E-state index >= 15 is 0 Å². The van der Waals surface area contributed by atoms with E-state index in [0.29, 0.717) is 9.98 Å². The van der Waals surface area contributed by atoms with Crippen LogP contribution in [0, 0.1) is 6.92 Å². The molecule has 0 bridgehead atoms. The fourth-order valence-electron chi connectivity index (χ4n) is 2.89. The summed E-state index contributed by atoms with van der Waals surface area (Å²) in [6, 6.07) is 15.1. The zero-order chi connectivity index (χ0) is 19.7. The van der Waals surface area contributed by atoms with E-state index in [1.54, 1.807) is 6.07 Å². The minimum Gasteiger partial charge on any atom is -0.348 e. The van der Waals surface area contributed by atoms with E-state index in [-0.39, 0.29) is 12.1 Å². The molecule has 0 aliphatic rings. The lowest BCUT2D eigenvalue weighted by atomic mass is 10.1. The number of rotatable bonds is 4. The van der Waals surface area contributed by atoms with Gasteiger partial charge in [0.2, 0.25) is 0 Å². The normalized spacial score (nSPS) is 10.9. The fraction of sp³-hybridized carbons (Fsp3) is 0.0952. The van der Waals surface area contributed by atoms with E-state index < -0.39 is 11.5 Å². The number of hydrogen-bond acceptors (Lipinski definition) is 4. The second kappa shape index (κ2) is 7.58. The van der Waals surface area contributed by atoms with E-state index in [0.717, 1.165) is 22.4 Å². The Hall–Kier alpha value is -2.96. The molecule has 0 atom stereocenters. The summed E-state index contributed by atoms with van der Waals surface area (Å²) in [7, 11) is 0. The summed E-state index contributed by atoms with van der Waals surface area (Å²) in [5.74, 6) is -0.479. The molecule has 28 heavy (non-hydrogen) atoms. The Bertz CT molecular complexity index is 1230. The molecule has 0 fully saturated rings. The molecule has 1 N–H and O–H groups in total. The number of halogens is 1. The molecule has 4 aromatic rings. The van der Waals surface area contributed by atoms with Crippen LogP contribution in [0.3, 0.4) is 0 Å². The van der Waals surface area contributed by atoms with Crippen molar-refractivity contribution in [3.05, 3.63) is 92.2 Å². The predicted octanol–water partition coefficient (Wildman–Crippen LogP) is 4.31. The van der Waals surface area contributed by atoms with Crippen molar-refractivity contribution in [1.29, 1.82) is 0 Å².